The molecule has 31 heavy (non-hydrogen) atoms. The van der Waals surface area contributed by atoms with E-state index in [0.29, 0.717) is 5.56 Å². The molecule has 0 aliphatic heterocycles. The molecule has 0 fully saturated rings. The molecule has 0 unspecified atom stereocenters. The van der Waals surface area contributed by atoms with E-state index >= 15 is 0 Å². The lowest BCUT2D eigenvalue weighted by molar-refractivity contribution is 0.0600. The van der Waals surface area contributed by atoms with Crippen LogP contribution in [-0.2, 0) is 16.7 Å². The Kier molecular flexibility index (Phi) is 5.59. The minimum absolute atomic E-state index is 0.0778. The van der Waals surface area contributed by atoms with Crippen LogP contribution in [0.3, 0.4) is 0 Å². The molecular formula is C26H26N2O3. The number of fused-ring (bicyclic) bond motifs is 4. The van der Waals surface area contributed by atoms with Gasteiger partial charge in [-0.25, -0.2) is 4.79 Å². The van der Waals surface area contributed by atoms with Crippen molar-refractivity contribution < 1.29 is 9.53 Å². The lowest BCUT2D eigenvalue weighted by Crippen LogP contribution is -2.40. The second-order valence-electron chi connectivity index (χ2n) is 8.07. The van der Waals surface area contributed by atoms with Gasteiger partial charge in [0.25, 0.3) is 0 Å². The fourth-order valence-electron chi connectivity index (χ4n) is 4.86. The molecule has 1 N–H and O–H groups in total. The highest BCUT2D eigenvalue weighted by Gasteiger charge is 2.46. The number of esters is 1. The molecule has 0 amide bonds. The van der Waals surface area contributed by atoms with Gasteiger partial charge in [-0.1, -0.05) is 35.9 Å². The number of hydrogen-bond acceptors (Lipinski definition) is 4. The quantitative estimate of drug-likeness (QED) is 0.451. The molecular weight excluding hydrogens is 388 g/mol. The summed E-state index contributed by atoms with van der Waals surface area (Å²) < 4.78 is 4.79. The molecule has 2 bridgehead atoms. The third kappa shape index (κ3) is 3.83. The number of aliphatic imine (C=N–C) groups is 1. The fourth-order valence-corrected chi connectivity index (χ4v) is 4.86. The van der Waals surface area contributed by atoms with Gasteiger partial charge in [-0.15, -0.1) is 0 Å². The van der Waals surface area contributed by atoms with Crippen LogP contribution in [0.25, 0.3) is 6.08 Å². The second-order valence-corrected chi connectivity index (χ2v) is 8.07. The Balaban J connectivity index is 1.71. The first-order valence-corrected chi connectivity index (χ1v) is 10.4. The molecule has 5 heteroatoms. The molecule has 0 saturated carbocycles. The maximum absolute atomic E-state index is 11.9. The predicted octanol–water partition coefficient (Wildman–Crippen LogP) is 4.61. The normalized spacial score (nSPS) is 23.8. The minimum Gasteiger partial charge on any atom is -0.465 e. The Morgan fingerprint density at radius 3 is 2.90 bits per heavy atom. The van der Waals surface area contributed by atoms with Crippen molar-refractivity contribution in [3.63, 3.8) is 0 Å². The van der Waals surface area contributed by atoms with Crippen LogP contribution in [0.15, 0.2) is 75.6 Å². The standard InChI is InChI=1S/C26H26N2O3/c1-4-21-20-13-17(2)16-26(21,22-10-11-24(29)28-23(22)15-20)27-12-6-8-18-7-5-9-19(14-18)25(30)31-3/h4-14,20H,15-16H2,1-3H3,(H,28,29)/b8-6+,21-4+,27-12?/t20-,26+/m0/s1. The molecule has 5 nitrogen and oxygen atoms in total. The number of H-pyrrole nitrogens is 1. The predicted molar refractivity (Wildman–Crippen MR) is 123 cm³/mol. The maximum atomic E-state index is 11.9. The van der Waals surface area contributed by atoms with E-state index in [1.54, 1.807) is 18.2 Å². The van der Waals surface area contributed by atoms with E-state index in [4.69, 9.17) is 9.73 Å². The molecule has 2 aliphatic rings. The van der Waals surface area contributed by atoms with Crippen molar-refractivity contribution in [2.45, 2.75) is 32.2 Å². The van der Waals surface area contributed by atoms with Gasteiger partial charge < -0.3 is 9.72 Å². The van der Waals surface area contributed by atoms with E-state index < -0.39 is 5.54 Å². The van der Waals surface area contributed by atoms with Crippen LogP contribution in [0, 0.1) is 5.92 Å². The highest BCUT2D eigenvalue weighted by Crippen LogP contribution is 2.51. The van der Waals surface area contributed by atoms with Gasteiger partial charge in [-0.2, -0.15) is 0 Å². The van der Waals surface area contributed by atoms with Gasteiger partial charge in [-0.3, -0.25) is 9.79 Å². The number of carbonyl (C=O) groups excluding carboxylic acids is 1. The molecule has 2 atom stereocenters. The minimum atomic E-state index is -0.506. The molecule has 2 aromatic rings. The van der Waals surface area contributed by atoms with Crippen molar-refractivity contribution in [1.29, 1.82) is 0 Å². The zero-order chi connectivity index (χ0) is 22.0. The third-order valence-corrected chi connectivity index (χ3v) is 6.06. The number of rotatable bonds is 4. The van der Waals surface area contributed by atoms with Gasteiger partial charge in [0.2, 0.25) is 5.56 Å². The zero-order valence-electron chi connectivity index (χ0n) is 18.0. The molecule has 1 aromatic carbocycles. The SMILES string of the molecule is C/C=C1\[C@H]2C=C(C)C[C@]1(N=C/C=C/c1cccc(C(=O)OC)c1)c1ccc(=O)[nH]c1C2. The van der Waals surface area contributed by atoms with Crippen molar-refractivity contribution in [2.24, 2.45) is 10.9 Å². The monoisotopic (exact) mass is 414 g/mol. The summed E-state index contributed by atoms with van der Waals surface area (Å²) in [7, 11) is 1.37. The van der Waals surface area contributed by atoms with Crippen LogP contribution in [-0.4, -0.2) is 24.3 Å². The van der Waals surface area contributed by atoms with E-state index in [1.807, 2.05) is 36.6 Å². The largest absolute Gasteiger partial charge is 0.465 e. The molecule has 158 valence electrons. The molecule has 1 aromatic heterocycles. The number of aromatic nitrogens is 1. The van der Waals surface area contributed by atoms with E-state index in [9.17, 15) is 9.59 Å². The number of nitrogens with zero attached hydrogens (tertiary/aromatic N) is 1. The van der Waals surface area contributed by atoms with E-state index in [0.717, 1.165) is 29.7 Å². The highest BCUT2D eigenvalue weighted by atomic mass is 16.5. The number of allylic oxidation sites excluding steroid dienone is 3. The van der Waals surface area contributed by atoms with Gasteiger partial charge >= 0.3 is 5.97 Å². The van der Waals surface area contributed by atoms with Crippen molar-refractivity contribution >= 4 is 18.3 Å². The van der Waals surface area contributed by atoms with Crippen LogP contribution in [0.2, 0.25) is 0 Å². The Labute approximate surface area is 181 Å². The third-order valence-electron chi connectivity index (χ3n) is 6.06. The number of aromatic amines is 1. The Morgan fingerprint density at radius 1 is 1.29 bits per heavy atom. The van der Waals surface area contributed by atoms with Crippen molar-refractivity contribution in [1.82, 2.24) is 4.98 Å². The summed E-state index contributed by atoms with van der Waals surface area (Å²) in [6, 6.07) is 10.8. The van der Waals surface area contributed by atoms with E-state index in [2.05, 4.69) is 31.0 Å². The molecule has 4 rings (SSSR count). The smallest absolute Gasteiger partial charge is 0.337 e. The summed E-state index contributed by atoms with van der Waals surface area (Å²) in [6.45, 7) is 4.21. The van der Waals surface area contributed by atoms with Crippen molar-refractivity contribution in [3.8, 4) is 0 Å². The number of ether oxygens (including phenoxy) is 1. The van der Waals surface area contributed by atoms with E-state index in [1.165, 1.54) is 18.3 Å². The molecule has 1 heterocycles. The number of carbonyl (C=O) groups is 1. The van der Waals surface area contributed by atoms with E-state index in [-0.39, 0.29) is 17.4 Å². The Bertz CT molecular complexity index is 1200. The number of hydrogen-bond donors (Lipinski definition) is 1. The van der Waals surface area contributed by atoms with Crippen LogP contribution in [0.4, 0.5) is 0 Å². The van der Waals surface area contributed by atoms with Crippen LogP contribution in [0.1, 0.15) is 47.4 Å². The summed E-state index contributed by atoms with van der Waals surface area (Å²) >= 11 is 0. The Hall–Kier alpha value is -3.47. The molecule has 2 aliphatic carbocycles. The van der Waals surface area contributed by atoms with Gasteiger partial charge in [-0.05, 0) is 55.7 Å². The second kappa shape index (κ2) is 8.34. The number of pyridine rings is 1. The molecule has 0 spiro atoms. The highest BCUT2D eigenvalue weighted by molar-refractivity contribution is 5.90. The molecule has 0 radical (unpaired) electrons. The lowest BCUT2D eigenvalue weighted by Gasteiger charge is -2.45. The number of benzene rings is 1. The molecule has 0 saturated heterocycles. The topological polar surface area (TPSA) is 71.5 Å². The Morgan fingerprint density at radius 2 is 2.13 bits per heavy atom. The summed E-state index contributed by atoms with van der Waals surface area (Å²) in [4.78, 5) is 31.8. The summed E-state index contributed by atoms with van der Waals surface area (Å²) in [5.41, 5.74) is 5.44. The maximum Gasteiger partial charge on any atom is 0.337 e. The van der Waals surface area contributed by atoms with Gasteiger partial charge in [0.05, 0.1) is 12.7 Å². The van der Waals surface area contributed by atoms with Crippen LogP contribution < -0.4 is 5.56 Å². The van der Waals surface area contributed by atoms with Gasteiger partial charge in [0.1, 0.15) is 5.54 Å². The fraction of sp³-hybridized carbons (Fsp3) is 0.269. The first-order valence-electron chi connectivity index (χ1n) is 10.4. The number of nitrogens with one attached hydrogen (secondary N) is 1. The van der Waals surface area contributed by atoms with Gasteiger partial charge in [0.15, 0.2) is 0 Å². The van der Waals surface area contributed by atoms with Crippen LogP contribution in [0.5, 0.6) is 0 Å². The first-order chi connectivity index (χ1) is 15.0. The summed E-state index contributed by atoms with van der Waals surface area (Å²) in [5.74, 6) is -0.119. The average molecular weight is 415 g/mol. The lowest BCUT2D eigenvalue weighted by atomic mass is 9.63. The van der Waals surface area contributed by atoms with Crippen molar-refractivity contribution in [2.75, 3.05) is 7.11 Å². The average Bonchev–Trinajstić information content (AvgIpc) is 2.75. The first kappa shape index (κ1) is 20.8. The zero-order valence-corrected chi connectivity index (χ0v) is 18.0. The summed E-state index contributed by atoms with van der Waals surface area (Å²) in [6.07, 6.45) is 11.7. The van der Waals surface area contributed by atoms with Crippen molar-refractivity contribution in [3.05, 3.63) is 98.5 Å². The number of methoxy groups -OCH3 is 1. The van der Waals surface area contributed by atoms with Crippen LogP contribution >= 0.6 is 0 Å². The summed E-state index contributed by atoms with van der Waals surface area (Å²) in [5, 5.41) is 0. The van der Waals surface area contributed by atoms with Gasteiger partial charge in [0, 0.05) is 35.9 Å².